The van der Waals surface area contributed by atoms with Gasteiger partial charge in [-0.15, -0.1) is 5.10 Å². The van der Waals surface area contributed by atoms with Crippen molar-refractivity contribution in [3.63, 3.8) is 0 Å². The van der Waals surface area contributed by atoms with Crippen molar-refractivity contribution in [3.8, 4) is 5.75 Å². The van der Waals surface area contributed by atoms with Crippen LogP contribution in [0, 0.1) is 3.95 Å². The number of nitrogens with one attached hydrogen (secondary N) is 1. The molecule has 2 aromatic rings. The molecule has 0 spiro atoms. The summed E-state index contributed by atoms with van der Waals surface area (Å²) in [4.78, 5) is 4.82. The molecule has 2 aliphatic rings. The van der Waals surface area contributed by atoms with E-state index in [1.165, 1.54) is 37.8 Å². The third-order valence-electron chi connectivity index (χ3n) is 5.67. The lowest BCUT2D eigenvalue weighted by molar-refractivity contribution is 0.195. The van der Waals surface area contributed by atoms with E-state index in [-0.39, 0.29) is 0 Å². The molecule has 0 bridgehead atoms. The monoisotopic (exact) mass is 419 g/mol. The molecule has 28 heavy (non-hydrogen) atoms. The van der Waals surface area contributed by atoms with Crippen LogP contribution in [0.2, 0.25) is 0 Å². The SMILES string of the molecule is COc1ccccc1N1CCN(Cn2nc(NC3CCCCC3)sc2=S)CC1. The van der Waals surface area contributed by atoms with Gasteiger partial charge in [0.05, 0.1) is 19.5 Å². The average Bonchev–Trinajstić information content (AvgIpc) is 3.08. The van der Waals surface area contributed by atoms with Gasteiger partial charge in [-0.2, -0.15) is 0 Å². The molecule has 1 aliphatic carbocycles. The second-order valence-electron chi connectivity index (χ2n) is 7.57. The van der Waals surface area contributed by atoms with Crippen molar-refractivity contribution < 1.29 is 4.74 Å². The molecule has 1 N–H and O–H groups in total. The maximum atomic E-state index is 5.57. The number of nitrogens with zero attached hydrogens (tertiary/aromatic N) is 4. The molecule has 6 nitrogen and oxygen atoms in total. The molecular formula is C20H29N5OS2. The molecule has 0 unspecified atom stereocenters. The van der Waals surface area contributed by atoms with Crippen LogP contribution in [-0.2, 0) is 6.67 Å². The van der Waals surface area contributed by atoms with Gasteiger partial charge in [0.15, 0.2) is 3.95 Å². The Kier molecular flexibility index (Phi) is 6.49. The Morgan fingerprint density at radius 1 is 1.14 bits per heavy atom. The first-order chi connectivity index (χ1) is 13.7. The quantitative estimate of drug-likeness (QED) is 0.708. The van der Waals surface area contributed by atoms with Crippen LogP contribution in [0.25, 0.3) is 0 Å². The zero-order valence-corrected chi connectivity index (χ0v) is 18.1. The van der Waals surface area contributed by atoms with E-state index in [1.54, 1.807) is 18.4 Å². The number of para-hydroxylation sites is 2. The van der Waals surface area contributed by atoms with Gasteiger partial charge in [0, 0.05) is 32.2 Å². The standard InChI is InChI=1S/C20H29N5OS2/c1-26-18-10-6-5-9-17(18)24-13-11-23(12-14-24)15-25-20(27)28-19(22-25)21-16-7-3-2-4-8-16/h5-6,9-10,16H,2-4,7-8,11-15H2,1H3,(H,21,22). The largest absolute Gasteiger partial charge is 0.495 e. The van der Waals surface area contributed by atoms with Crippen LogP contribution in [0.15, 0.2) is 24.3 Å². The lowest BCUT2D eigenvalue weighted by atomic mass is 9.96. The van der Waals surface area contributed by atoms with Crippen LogP contribution in [-0.4, -0.2) is 54.0 Å². The van der Waals surface area contributed by atoms with Crippen LogP contribution < -0.4 is 15.0 Å². The van der Waals surface area contributed by atoms with Crippen LogP contribution in [0.1, 0.15) is 32.1 Å². The molecule has 152 valence electrons. The van der Waals surface area contributed by atoms with Crippen molar-refractivity contribution in [2.75, 3.05) is 43.5 Å². The van der Waals surface area contributed by atoms with Crippen molar-refractivity contribution in [2.45, 2.75) is 44.8 Å². The van der Waals surface area contributed by atoms with Gasteiger partial charge in [0.25, 0.3) is 0 Å². The number of benzene rings is 1. The number of piperazine rings is 1. The molecule has 1 saturated carbocycles. The summed E-state index contributed by atoms with van der Waals surface area (Å²) in [5.74, 6) is 0.941. The summed E-state index contributed by atoms with van der Waals surface area (Å²) in [6.07, 6.45) is 6.50. The van der Waals surface area contributed by atoms with Crippen molar-refractivity contribution in [2.24, 2.45) is 0 Å². The van der Waals surface area contributed by atoms with Gasteiger partial charge in [-0.05, 0) is 37.2 Å². The molecule has 2 heterocycles. The Balaban J connectivity index is 1.33. The number of methoxy groups -OCH3 is 1. The molecule has 0 radical (unpaired) electrons. The topological polar surface area (TPSA) is 45.6 Å². The second-order valence-corrected chi connectivity index (χ2v) is 9.19. The molecule has 4 rings (SSSR count). The highest BCUT2D eigenvalue weighted by Crippen LogP contribution is 2.28. The number of rotatable bonds is 6. The summed E-state index contributed by atoms with van der Waals surface area (Å²) < 4.78 is 8.34. The fourth-order valence-electron chi connectivity index (χ4n) is 4.09. The molecular weight excluding hydrogens is 390 g/mol. The van der Waals surface area contributed by atoms with Crippen molar-refractivity contribution in [3.05, 3.63) is 28.2 Å². The van der Waals surface area contributed by atoms with Gasteiger partial charge in [0.2, 0.25) is 5.13 Å². The van der Waals surface area contributed by atoms with Gasteiger partial charge < -0.3 is 15.0 Å². The molecule has 0 amide bonds. The van der Waals surface area contributed by atoms with Crippen molar-refractivity contribution in [1.82, 2.24) is 14.7 Å². The minimum Gasteiger partial charge on any atom is -0.495 e. The summed E-state index contributed by atoms with van der Waals surface area (Å²) in [6.45, 7) is 4.70. The van der Waals surface area contributed by atoms with Crippen molar-refractivity contribution >= 4 is 34.4 Å². The molecule has 8 heteroatoms. The van der Waals surface area contributed by atoms with Gasteiger partial charge in [-0.1, -0.05) is 42.7 Å². The average molecular weight is 420 g/mol. The number of hydrogen-bond acceptors (Lipinski definition) is 7. The molecule has 1 saturated heterocycles. The predicted molar refractivity (Wildman–Crippen MR) is 118 cm³/mol. The Hall–Kier alpha value is -1.64. The normalized spacial score (nSPS) is 19.0. The molecule has 2 fully saturated rings. The van der Waals surface area contributed by atoms with Gasteiger partial charge in [-0.25, -0.2) is 4.68 Å². The maximum Gasteiger partial charge on any atom is 0.204 e. The number of anilines is 2. The Bertz CT molecular complexity index is 822. The predicted octanol–water partition coefficient (Wildman–Crippen LogP) is 4.21. The van der Waals surface area contributed by atoms with E-state index >= 15 is 0 Å². The van der Waals surface area contributed by atoms with E-state index in [4.69, 9.17) is 22.1 Å². The van der Waals surface area contributed by atoms with Gasteiger partial charge in [-0.3, -0.25) is 4.90 Å². The summed E-state index contributed by atoms with van der Waals surface area (Å²) in [7, 11) is 1.73. The van der Waals surface area contributed by atoms with Crippen LogP contribution in [0.5, 0.6) is 5.75 Å². The fraction of sp³-hybridized carbons (Fsp3) is 0.600. The summed E-state index contributed by atoms with van der Waals surface area (Å²) in [5.41, 5.74) is 1.17. The fourth-order valence-corrected chi connectivity index (χ4v) is 5.16. The van der Waals surface area contributed by atoms with Gasteiger partial charge in [0.1, 0.15) is 5.75 Å². The van der Waals surface area contributed by atoms with E-state index in [2.05, 4.69) is 27.2 Å². The highest BCUT2D eigenvalue weighted by molar-refractivity contribution is 7.73. The Labute approximate surface area is 176 Å². The highest BCUT2D eigenvalue weighted by Gasteiger charge is 2.21. The molecule has 1 aromatic carbocycles. The van der Waals surface area contributed by atoms with E-state index < -0.39 is 0 Å². The zero-order chi connectivity index (χ0) is 19.3. The third kappa shape index (κ3) is 4.67. The third-order valence-corrected chi connectivity index (χ3v) is 6.91. The lowest BCUT2D eigenvalue weighted by Gasteiger charge is -2.36. The number of ether oxygens (including phenoxy) is 1. The first-order valence-corrected chi connectivity index (χ1v) is 11.4. The van der Waals surface area contributed by atoms with E-state index in [1.807, 2.05) is 16.8 Å². The summed E-state index contributed by atoms with van der Waals surface area (Å²) in [6, 6.07) is 8.80. The Morgan fingerprint density at radius 2 is 1.89 bits per heavy atom. The zero-order valence-electron chi connectivity index (χ0n) is 16.5. The smallest absolute Gasteiger partial charge is 0.204 e. The van der Waals surface area contributed by atoms with Crippen molar-refractivity contribution in [1.29, 1.82) is 0 Å². The number of hydrogen-bond donors (Lipinski definition) is 1. The summed E-state index contributed by atoms with van der Waals surface area (Å²) >= 11 is 7.17. The molecule has 1 aliphatic heterocycles. The van der Waals surface area contributed by atoms with Crippen LogP contribution in [0.4, 0.5) is 10.8 Å². The minimum atomic E-state index is 0.562. The minimum absolute atomic E-state index is 0.562. The van der Waals surface area contributed by atoms with E-state index in [0.29, 0.717) is 6.04 Å². The number of aromatic nitrogens is 2. The van der Waals surface area contributed by atoms with E-state index in [9.17, 15) is 0 Å². The first kappa shape index (κ1) is 19.7. The maximum absolute atomic E-state index is 5.57. The first-order valence-electron chi connectivity index (χ1n) is 10.2. The highest BCUT2D eigenvalue weighted by atomic mass is 32.1. The molecule has 0 atom stereocenters. The van der Waals surface area contributed by atoms with Crippen LogP contribution in [0.3, 0.4) is 0 Å². The van der Waals surface area contributed by atoms with E-state index in [0.717, 1.165) is 47.7 Å². The lowest BCUT2D eigenvalue weighted by Crippen LogP contribution is -2.47. The second kappa shape index (κ2) is 9.24. The summed E-state index contributed by atoms with van der Waals surface area (Å²) in [5, 5.41) is 9.32. The molecule has 1 aromatic heterocycles. The van der Waals surface area contributed by atoms with Crippen LogP contribution >= 0.6 is 23.6 Å². The Morgan fingerprint density at radius 3 is 2.64 bits per heavy atom. The van der Waals surface area contributed by atoms with Gasteiger partial charge >= 0.3 is 0 Å².